The van der Waals surface area contributed by atoms with E-state index < -0.39 is 0 Å². The molecule has 0 saturated heterocycles. The molecule has 0 radical (unpaired) electrons. The fourth-order valence-electron chi connectivity index (χ4n) is 2.59. The van der Waals surface area contributed by atoms with E-state index in [1.54, 1.807) is 7.11 Å². The molecule has 0 spiro atoms. The van der Waals surface area contributed by atoms with E-state index in [0.29, 0.717) is 17.7 Å². The average Bonchev–Trinajstić information content (AvgIpc) is 2.35. The van der Waals surface area contributed by atoms with Crippen LogP contribution in [0.4, 0.5) is 5.69 Å². The third kappa shape index (κ3) is 2.09. The van der Waals surface area contributed by atoms with Crippen molar-refractivity contribution in [1.29, 1.82) is 5.26 Å². The van der Waals surface area contributed by atoms with Crippen molar-refractivity contribution in [3.63, 3.8) is 0 Å². The van der Waals surface area contributed by atoms with E-state index in [2.05, 4.69) is 25.2 Å². The summed E-state index contributed by atoms with van der Waals surface area (Å²) >= 11 is 0. The van der Waals surface area contributed by atoms with E-state index >= 15 is 0 Å². The predicted octanol–water partition coefficient (Wildman–Crippen LogP) is 3.09. The lowest BCUT2D eigenvalue weighted by molar-refractivity contribution is -0.0794. The van der Waals surface area contributed by atoms with Crippen molar-refractivity contribution in [2.45, 2.75) is 39.3 Å². The zero-order valence-electron chi connectivity index (χ0n) is 11.4. The summed E-state index contributed by atoms with van der Waals surface area (Å²) < 4.78 is 5.44. The first-order valence-corrected chi connectivity index (χ1v) is 6.29. The van der Waals surface area contributed by atoms with Gasteiger partial charge in [-0.05, 0) is 31.0 Å². The first-order valence-electron chi connectivity index (χ1n) is 6.29. The normalized spacial score (nSPS) is 25.1. The largest absolute Gasteiger partial charge is 0.381 e. The molecule has 1 N–H and O–H groups in total. The minimum absolute atomic E-state index is 0.104. The van der Waals surface area contributed by atoms with Crippen LogP contribution in [-0.4, -0.2) is 19.3 Å². The van der Waals surface area contributed by atoms with Gasteiger partial charge in [0, 0.05) is 18.6 Å². The van der Waals surface area contributed by atoms with E-state index in [-0.39, 0.29) is 5.41 Å². The summed E-state index contributed by atoms with van der Waals surface area (Å²) in [4.78, 5) is 0. The van der Waals surface area contributed by atoms with Crippen LogP contribution in [-0.2, 0) is 4.74 Å². The number of nitriles is 1. The molecule has 1 fully saturated rings. The second-order valence-corrected chi connectivity index (χ2v) is 5.64. The van der Waals surface area contributed by atoms with Crippen LogP contribution in [0, 0.1) is 23.7 Å². The Morgan fingerprint density at radius 3 is 2.72 bits per heavy atom. The van der Waals surface area contributed by atoms with Gasteiger partial charge in [0.1, 0.15) is 6.07 Å². The maximum Gasteiger partial charge on any atom is 0.101 e. The number of benzene rings is 1. The number of hydrogen-bond acceptors (Lipinski definition) is 3. The van der Waals surface area contributed by atoms with Gasteiger partial charge < -0.3 is 10.1 Å². The predicted molar refractivity (Wildman–Crippen MR) is 72.5 cm³/mol. The topological polar surface area (TPSA) is 45.0 Å². The van der Waals surface area contributed by atoms with Crippen molar-refractivity contribution >= 4 is 5.69 Å². The lowest BCUT2D eigenvalue weighted by atomic mass is 9.64. The summed E-state index contributed by atoms with van der Waals surface area (Å²) in [5, 5.41) is 12.6. The van der Waals surface area contributed by atoms with Crippen LogP contribution in [0.25, 0.3) is 0 Å². The molecular weight excluding hydrogens is 224 g/mol. The summed E-state index contributed by atoms with van der Waals surface area (Å²) in [6.45, 7) is 6.39. The highest BCUT2D eigenvalue weighted by Crippen LogP contribution is 2.44. The Kier molecular flexibility index (Phi) is 3.32. The second-order valence-electron chi connectivity index (χ2n) is 5.64. The quantitative estimate of drug-likeness (QED) is 0.888. The highest BCUT2D eigenvalue weighted by molar-refractivity contribution is 5.59. The van der Waals surface area contributed by atoms with Gasteiger partial charge in [0.25, 0.3) is 0 Å². The summed E-state index contributed by atoms with van der Waals surface area (Å²) in [5.41, 5.74) is 2.86. The lowest BCUT2D eigenvalue weighted by Crippen LogP contribution is -2.57. The summed E-state index contributed by atoms with van der Waals surface area (Å²) in [5.74, 6) is 0. The van der Waals surface area contributed by atoms with Gasteiger partial charge in [-0.1, -0.05) is 19.9 Å². The number of rotatable bonds is 3. The molecule has 0 amide bonds. The molecule has 2 atom stereocenters. The monoisotopic (exact) mass is 244 g/mol. The fourth-order valence-corrected chi connectivity index (χ4v) is 2.59. The Bertz CT molecular complexity index is 488. The average molecular weight is 244 g/mol. The molecule has 1 aliphatic carbocycles. The maximum atomic E-state index is 9.16. The number of methoxy groups -OCH3 is 1. The van der Waals surface area contributed by atoms with Crippen LogP contribution in [0.1, 0.15) is 31.4 Å². The molecule has 0 heterocycles. The van der Waals surface area contributed by atoms with Crippen LogP contribution >= 0.6 is 0 Å². The third-order valence-electron chi connectivity index (χ3n) is 4.09. The molecule has 0 bridgehead atoms. The fraction of sp³-hybridized carbons (Fsp3) is 0.533. The Balaban J connectivity index is 2.15. The van der Waals surface area contributed by atoms with E-state index in [9.17, 15) is 0 Å². The van der Waals surface area contributed by atoms with Crippen molar-refractivity contribution in [3.05, 3.63) is 29.3 Å². The lowest BCUT2D eigenvalue weighted by Gasteiger charge is -2.51. The maximum absolute atomic E-state index is 9.16. The van der Waals surface area contributed by atoms with E-state index in [1.807, 2.05) is 25.1 Å². The number of anilines is 1. The minimum Gasteiger partial charge on any atom is -0.381 e. The molecule has 1 aliphatic rings. The number of nitrogens with zero attached hydrogens (tertiary/aromatic N) is 1. The third-order valence-corrected chi connectivity index (χ3v) is 4.09. The molecule has 0 aromatic heterocycles. The molecule has 1 aromatic rings. The standard InChI is InChI=1S/C15H20N2O/c1-10-5-6-12(11(7-10)9-16)17-13-8-14(18-4)15(13,2)3/h5-7,13-14,17H,8H2,1-4H3. The van der Waals surface area contributed by atoms with Crippen LogP contribution in [0.2, 0.25) is 0 Å². The molecule has 2 unspecified atom stereocenters. The molecular formula is C15H20N2O. The van der Waals surface area contributed by atoms with Gasteiger partial charge in [0.2, 0.25) is 0 Å². The molecule has 3 nitrogen and oxygen atoms in total. The van der Waals surface area contributed by atoms with Crippen LogP contribution in [0.3, 0.4) is 0 Å². The van der Waals surface area contributed by atoms with Crippen LogP contribution in [0.15, 0.2) is 18.2 Å². The number of aryl methyl sites for hydroxylation is 1. The Labute approximate surface area is 109 Å². The van der Waals surface area contributed by atoms with Crippen molar-refractivity contribution in [3.8, 4) is 6.07 Å². The highest BCUT2D eigenvalue weighted by atomic mass is 16.5. The van der Waals surface area contributed by atoms with Crippen LogP contribution < -0.4 is 5.32 Å². The first-order chi connectivity index (χ1) is 8.48. The molecule has 1 saturated carbocycles. The van der Waals surface area contributed by atoms with Gasteiger partial charge in [-0.25, -0.2) is 0 Å². The molecule has 1 aromatic carbocycles. The van der Waals surface area contributed by atoms with E-state index in [0.717, 1.165) is 17.7 Å². The van der Waals surface area contributed by atoms with Gasteiger partial charge in [0.05, 0.1) is 17.4 Å². The highest BCUT2D eigenvalue weighted by Gasteiger charge is 2.48. The number of ether oxygens (including phenoxy) is 1. The zero-order chi connectivity index (χ0) is 13.3. The van der Waals surface area contributed by atoms with Gasteiger partial charge in [-0.2, -0.15) is 5.26 Å². The molecule has 3 heteroatoms. The van der Waals surface area contributed by atoms with Crippen LogP contribution in [0.5, 0.6) is 0 Å². The van der Waals surface area contributed by atoms with Gasteiger partial charge in [-0.3, -0.25) is 0 Å². The number of hydrogen-bond donors (Lipinski definition) is 1. The summed E-state index contributed by atoms with van der Waals surface area (Å²) in [6, 6.07) is 8.55. The SMILES string of the molecule is COC1CC(Nc2ccc(C)cc2C#N)C1(C)C. The smallest absolute Gasteiger partial charge is 0.101 e. The minimum atomic E-state index is 0.104. The second kappa shape index (κ2) is 4.62. The Morgan fingerprint density at radius 2 is 2.17 bits per heavy atom. The first kappa shape index (κ1) is 12.9. The van der Waals surface area contributed by atoms with Crippen molar-refractivity contribution < 1.29 is 4.74 Å². The van der Waals surface area contributed by atoms with Gasteiger partial charge >= 0.3 is 0 Å². The summed E-state index contributed by atoms with van der Waals surface area (Å²) in [7, 11) is 1.76. The zero-order valence-corrected chi connectivity index (χ0v) is 11.4. The van der Waals surface area contributed by atoms with Gasteiger partial charge in [0.15, 0.2) is 0 Å². The van der Waals surface area contributed by atoms with E-state index in [4.69, 9.17) is 10.00 Å². The molecule has 18 heavy (non-hydrogen) atoms. The van der Waals surface area contributed by atoms with Crippen molar-refractivity contribution in [2.24, 2.45) is 5.41 Å². The molecule has 2 rings (SSSR count). The number of nitrogens with one attached hydrogen (secondary N) is 1. The molecule has 96 valence electrons. The van der Waals surface area contributed by atoms with E-state index in [1.165, 1.54) is 0 Å². The summed E-state index contributed by atoms with van der Waals surface area (Å²) in [6.07, 6.45) is 1.29. The van der Waals surface area contributed by atoms with Crippen molar-refractivity contribution in [1.82, 2.24) is 0 Å². The molecule has 0 aliphatic heterocycles. The van der Waals surface area contributed by atoms with Crippen molar-refractivity contribution in [2.75, 3.05) is 12.4 Å². The Morgan fingerprint density at radius 1 is 1.44 bits per heavy atom. The van der Waals surface area contributed by atoms with Gasteiger partial charge in [-0.15, -0.1) is 0 Å². The Hall–Kier alpha value is -1.53.